The number of hydrogen-bond donors (Lipinski definition) is 1. The lowest BCUT2D eigenvalue weighted by Gasteiger charge is -2.19. The average Bonchev–Trinajstić information content (AvgIpc) is 2.90. The molecule has 0 saturated heterocycles. The van der Waals surface area contributed by atoms with Crippen LogP contribution in [0.25, 0.3) is 0 Å². The number of para-hydroxylation sites is 1. The molecule has 0 amide bonds. The fourth-order valence-corrected chi connectivity index (χ4v) is 3.19. The molecule has 0 radical (unpaired) electrons. The summed E-state index contributed by atoms with van der Waals surface area (Å²) in [6.07, 6.45) is 2.05. The molecule has 1 aromatic heterocycles. The molecule has 1 N–H and O–H groups in total. The molecule has 0 saturated carbocycles. The predicted octanol–water partition coefficient (Wildman–Crippen LogP) is 3.74. The van der Waals surface area contributed by atoms with Gasteiger partial charge in [0.1, 0.15) is 5.75 Å². The molecule has 0 fully saturated rings. The standard InChI is InChI=1S/C16H22N2OS/c1-4-9-17-14(16-12(2)18-11-20-16)10-13-7-5-6-8-15(13)19-3/h5-8,11,14,17H,4,9-10H2,1-3H3. The molecule has 1 unspecified atom stereocenters. The zero-order valence-corrected chi connectivity index (χ0v) is 13.2. The number of nitrogens with one attached hydrogen (secondary N) is 1. The first-order valence-electron chi connectivity index (χ1n) is 7.01. The molecular weight excluding hydrogens is 268 g/mol. The SMILES string of the molecule is CCCNC(Cc1ccccc1OC)c1scnc1C. The van der Waals surface area contributed by atoms with Gasteiger partial charge in [0.15, 0.2) is 0 Å². The largest absolute Gasteiger partial charge is 0.496 e. The first-order valence-corrected chi connectivity index (χ1v) is 7.89. The molecular formula is C16H22N2OS. The van der Waals surface area contributed by atoms with Crippen LogP contribution in [-0.4, -0.2) is 18.6 Å². The summed E-state index contributed by atoms with van der Waals surface area (Å²) < 4.78 is 5.46. The number of hydrogen-bond acceptors (Lipinski definition) is 4. The van der Waals surface area contributed by atoms with Gasteiger partial charge in [0.2, 0.25) is 0 Å². The summed E-state index contributed by atoms with van der Waals surface area (Å²) in [5.74, 6) is 0.956. The van der Waals surface area contributed by atoms with Crippen LogP contribution in [0, 0.1) is 6.92 Å². The summed E-state index contributed by atoms with van der Waals surface area (Å²) >= 11 is 1.73. The van der Waals surface area contributed by atoms with Crippen molar-refractivity contribution >= 4 is 11.3 Å². The van der Waals surface area contributed by atoms with Crippen LogP contribution in [0.4, 0.5) is 0 Å². The van der Waals surface area contributed by atoms with Gasteiger partial charge in [-0.15, -0.1) is 11.3 Å². The Morgan fingerprint density at radius 3 is 2.80 bits per heavy atom. The molecule has 1 aromatic carbocycles. The topological polar surface area (TPSA) is 34.1 Å². The Hall–Kier alpha value is -1.39. The molecule has 1 heterocycles. The van der Waals surface area contributed by atoms with Crippen LogP contribution in [-0.2, 0) is 6.42 Å². The lowest BCUT2D eigenvalue weighted by atomic mass is 10.0. The molecule has 0 aliphatic carbocycles. The zero-order chi connectivity index (χ0) is 14.4. The average molecular weight is 290 g/mol. The lowest BCUT2D eigenvalue weighted by molar-refractivity contribution is 0.405. The van der Waals surface area contributed by atoms with E-state index in [1.807, 2.05) is 17.6 Å². The Balaban J connectivity index is 2.21. The highest BCUT2D eigenvalue weighted by atomic mass is 32.1. The monoisotopic (exact) mass is 290 g/mol. The van der Waals surface area contributed by atoms with E-state index in [0.717, 1.165) is 30.8 Å². The number of benzene rings is 1. The van der Waals surface area contributed by atoms with Gasteiger partial charge in [-0.05, 0) is 37.9 Å². The van der Waals surface area contributed by atoms with Crippen LogP contribution >= 0.6 is 11.3 Å². The van der Waals surface area contributed by atoms with Gasteiger partial charge in [-0.2, -0.15) is 0 Å². The van der Waals surface area contributed by atoms with E-state index in [1.165, 1.54) is 10.4 Å². The number of aryl methyl sites for hydroxylation is 1. The smallest absolute Gasteiger partial charge is 0.122 e. The van der Waals surface area contributed by atoms with E-state index in [0.29, 0.717) is 6.04 Å². The highest BCUT2D eigenvalue weighted by molar-refractivity contribution is 7.09. The maximum atomic E-state index is 5.46. The Kier molecular flexibility index (Phi) is 5.56. The summed E-state index contributed by atoms with van der Waals surface area (Å²) in [5.41, 5.74) is 4.28. The van der Waals surface area contributed by atoms with Crippen LogP contribution in [0.5, 0.6) is 5.75 Å². The normalized spacial score (nSPS) is 12.3. The van der Waals surface area contributed by atoms with Gasteiger partial charge in [0.05, 0.1) is 18.3 Å². The third-order valence-electron chi connectivity index (χ3n) is 3.36. The number of ether oxygens (including phenoxy) is 1. The van der Waals surface area contributed by atoms with Gasteiger partial charge in [0, 0.05) is 10.9 Å². The van der Waals surface area contributed by atoms with Gasteiger partial charge >= 0.3 is 0 Å². The third kappa shape index (κ3) is 3.58. The van der Waals surface area contributed by atoms with Gasteiger partial charge in [-0.3, -0.25) is 0 Å². The minimum absolute atomic E-state index is 0.304. The minimum Gasteiger partial charge on any atom is -0.496 e. The number of aromatic nitrogens is 1. The van der Waals surface area contributed by atoms with Crippen LogP contribution < -0.4 is 10.1 Å². The van der Waals surface area contributed by atoms with Gasteiger partial charge in [-0.1, -0.05) is 25.1 Å². The van der Waals surface area contributed by atoms with E-state index in [2.05, 4.69) is 36.3 Å². The predicted molar refractivity (Wildman–Crippen MR) is 84.6 cm³/mol. The molecule has 3 nitrogen and oxygen atoms in total. The summed E-state index contributed by atoms with van der Waals surface area (Å²) in [4.78, 5) is 5.70. The maximum Gasteiger partial charge on any atom is 0.122 e. The summed E-state index contributed by atoms with van der Waals surface area (Å²) in [7, 11) is 1.73. The van der Waals surface area contributed by atoms with Crippen molar-refractivity contribution < 1.29 is 4.74 Å². The van der Waals surface area contributed by atoms with Gasteiger partial charge < -0.3 is 10.1 Å². The molecule has 108 valence electrons. The fraction of sp³-hybridized carbons (Fsp3) is 0.438. The molecule has 1 atom stereocenters. The Morgan fingerprint density at radius 2 is 2.15 bits per heavy atom. The number of methoxy groups -OCH3 is 1. The molecule has 2 rings (SSSR count). The van der Waals surface area contributed by atoms with E-state index in [1.54, 1.807) is 18.4 Å². The van der Waals surface area contributed by atoms with Crippen molar-refractivity contribution in [2.24, 2.45) is 0 Å². The summed E-state index contributed by atoms with van der Waals surface area (Å²) in [6, 6.07) is 8.53. The molecule has 0 bridgehead atoms. The van der Waals surface area contributed by atoms with Crippen molar-refractivity contribution in [2.45, 2.75) is 32.7 Å². The Labute approximate surface area is 125 Å². The van der Waals surface area contributed by atoms with Crippen molar-refractivity contribution in [3.05, 3.63) is 45.9 Å². The number of thiazole rings is 1. The van der Waals surface area contributed by atoms with Crippen LogP contribution in [0.15, 0.2) is 29.8 Å². The number of rotatable bonds is 7. The molecule has 0 aliphatic heterocycles. The highest BCUT2D eigenvalue weighted by Gasteiger charge is 2.17. The van der Waals surface area contributed by atoms with Gasteiger partial charge in [-0.25, -0.2) is 4.98 Å². The summed E-state index contributed by atoms with van der Waals surface area (Å²) in [5, 5.41) is 3.63. The second-order valence-electron chi connectivity index (χ2n) is 4.82. The van der Waals surface area contributed by atoms with E-state index >= 15 is 0 Å². The van der Waals surface area contributed by atoms with Crippen LogP contribution in [0.2, 0.25) is 0 Å². The van der Waals surface area contributed by atoms with E-state index in [-0.39, 0.29) is 0 Å². The van der Waals surface area contributed by atoms with Crippen LogP contribution in [0.3, 0.4) is 0 Å². The fourth-order valence-electron chi connectivity index (χ4n) is 2.31. The highest BCUT2D eigenvalue weighted by Crippen LogP contribution is 2.28. The van der Waals surface area contributed by atoms with Crippen molar-refractivity contribution in [3.63, 3.8) is 0 Å². The van der Waals surface area contributed by atoms with Crippen molar-refractivity contribution in [2.75, 3.05) is 13.7 Å². The second kappa shape index (κ2) is 7.41. The quantitative estimate of drug-likeness (QED) is 0.843. The first kappa shape index (κ1) is 15.0. The van der Waals surface area contributed by atoms with E-state index < -0.39 is 0 Å². The van der Waals surface area contributed by atoms with Crippen molar-refractivity contribution in [3.8, 4) is 5.75 Å². The van der Waals surface area contributed by atoms with Crippen molar-refractivity contribution in [1.29, 1.82) is 0 Å². The first-order chi connectivity index (χ1) is 9.76. The van der Waals surface area contributed by atoms with Crippen LogP contribution in [0.1, 0.15) is 35.5 Å². The number of nitrogens with zero attached hydrogens (tertiary/aromatic N) is 1. The zero-order valence-electron chi connectivity index (χ0n) is 12.3. The lowest BCUT2D eigenvalue weighted by Crippen LogP contribution is -2.24. The van der Waals surface area contributed by atoms with E-state index in [9.17, 15) is 0 Å². The molecule has 20 heavy (non-hydrogen) atoms. The van der Waals surface area contributed by atoms with E-state index in [4.69, 9.17) is 4.74 Å². The second-order valence-corrected chi connectivity index (χ2v) is 5.71. The summed E-state index contributed by atoms with van der Waals surface area (Å²) in [6.45, 7) is 5.28. The molecule has 2 aromatic rings. The molecule has 0 spiro atoms. The van der Waals surface area contributed by atoms with Crippen molar-refractivity contribution in [1.82, 2.24) is 10.3 Å². The minimum atomic E-state index is 0.304. The molecule has 4 heteroatoms. The van der Waals surface area contributed by atoms with Gasteiger partial charge in [0.25, 0.3) is 0 Å². The Bertz CT molecular complexity index is 539. The Morgan fingerprint density at radius 1 is 1.35 bits per heavy atom. The molecule has 0 aliphatic rings. The third-order valence-corrected chi connectivity index (χ3v) is 4.40. The maximum absolute atomic E-state index is 5.46.